The van der Waals surface area contributed by atoms with Crippen molar-refractivity contribution in [3.63, 3.8) is 0 Å². The van der Waals surface area contributed by atoms with Crippen LogP contribution in [0.4, 0.5) is 0 Å². The third-order valence-corrected chi connectivity index (χ3v) is 3.21. The Labute approximate surface area is 98.8 Å². The van der Waals surface area contributed by atoms with Gasteiger partial charge in [-0.25, -0.2) is 3.63 Å². The first kappa shape index (κ1) is 14.7. The first-order valence-electron chi connectivity index (χ1n) is 4.15. The third-order valence-electron chi connectivity index (χ3n) is 1.13. The normalized spacial score (nSPS) is 14.9. The lowest BCUT2D eigenvalue weighted by molar-refractivity contribution is 0.242. The standard InChI is InChI=1S/C8H16O3S3/c1-5-6-7(2)12-10-8(3,4)13-11-14-9/h5-7,9H,1-4H3. The molecule has 0 aromatic rings. The van der Waals surface area contributed by atoms with E-state index in [-0.39, 0.29) is 0 Å². The van der Waals surface area contributed by atoms with Crippen molar-refractivity contribution in [2.75, 3.05) is 0 Å². The molecule has 0 saturated carbocycles. The summed E-state index contributed by atoms with van der Waals surface area (Å²) < 4.78 is 18.6. The van der Waals surface area contributed by atoms with Crippen LogP contribution < -0.4 is 0 Å². The summed E-state index contributed by atoms with van der Waals surface area (Å²) in [5, 5.41) is 0.307. The molecule has 1 unspecified atom stereocenters. The van der Waals surface area contributed by atoms with Gasteiger partial charge in [0.25, 0.3) is 0 Å². The Balaban J connectivity index is 3.74. The maximum atomic E-state index is 8.39. The summed E-state index contributed by atoms with van der Waals surface area (Å²) in [6, 6.07) is 0. The molecule has 0 radical (unpaired) electrons. The minimum atomic E-state index is -0.476. The van der Waals surface area contributed by atoms with Crippen LogP contribution in [0, 0.1) is 0 Å². The van der Waals surface area contributed by atoms with Gasteiger partial charge in [0.15, 0.2) is 12.3 Å². The first-order chi connectivity index (χ1) is 6.52. The van der Waals surface area contributed by atoms with E-state index in [0.717, 1.165) is 12.0 Å². The molecular weight excluding hydrogens is 240 g/mol. The Bertz CT molecular complexity index is 173. The molecule has 1 N–H and O–H groups in total. The van der Waals surface area contributed by atoms with E-state index in [1.54, 1.807) is 0 Å². The highest BCUT2D eigenvalue weighted by molar-refractivity contribution is 8.06. The van der Waals surface area contributed by atoms with Crippen LogP contribution in [-0.2, 0) is 7.81 Å². The van der Waals surface area contributed by atoms with Gasteiger partial charge >= 0.3 is 0 Å². The summed E-state index contributed by atoms with van der Waals surface area (Å²) in [7, 11) is 0. The fourth-order valence-corrected chi connectivity index (χ4v) is 2.22. The van der Waals surface area contributed by atoms with E-state index >= 15 is 0 Å². The van der Waals surface area contributed by atoms with Crippen molar-refractivity contribution in [3.05, 3.63) is 12.2 Å². The lowest BCUT2D eigenvalue weighted by Gasteiger charge is -2.22. The Morgan fingerprint density at radius 2 is 2.07 bits per heavy atom. The fraction of sp³-hybridized carbons (Fsp3) is 0.750. The largest absolute Gasteiger partial charge is 0.306 e. The van der Waals surface area contributed by atoms with Gasteiger partial charge in [0.1, 0.15) is 4.93 Å². The van der Waals surface area contributed by atoms with Gasteiger partial charge in [-0.2, -0.15) is 0 Å². The Morgan fingerprint density at radius 3 is 2.57 bits per heavy atom. The van der Waals surface area contributed by atoms with E-state index < -0.39 is 4.93 Å². The van der Waals surface area contributed by atoms with Crippen molar-refractivity contribution in [1.29, 1.82) is 0 Å². The molecule has 0 aromatic heterocycles. The van der Waals surface area contributed by atoms with E-state index in [1.807, 2.05) is 39.8 Å². The highest BCUT2D eigenvalue weighted by Gasteiger charge is 2.22. The average molecular weight is 256 g/mol. The number of rotatable bonds is 7. The summed E-state index contributed by atoms with van der Waals surface area (Å²) in [5.41, 5.74) is 0. The lowest BCUT2D eigenvalue weighted by atomic mass is 10.4. The minimum Gasteiger partial charge on any atom is -0.306 e. The summed E-state index contributed by atoms with van der Waals surface area (Å²) >= 11 is 2.80. The lowest BCUT2D eigenvalue weighted by Crippen LogP contribution is -2.16. The number of allylic oxidation sites excluding steroid dienone is 1. The molecule has 3 nitrogen and oxygen atoms in total. The van der Waals surface area contributed by atoms with Gasteiger partial charge in [0, 0.05) is 29.3 Å². The van der Waals surface area contributed by atoms with E-state index in [4.69, 9.17) is 12.4 Å². The molecule has 6 heteroatoms. The van der Waals surface area contributed by atoms with Gasteiger partial charge in [0.05, 0.1) is 0 Å². The molecule has 0 aliphatic carbocycles. The molecule has 0 spiro atoms. The van der Waals surface area contributed by atoms with E-state index in [1.165, 1.54) is 12.0 Å². The Kier molecular flexibility index (Phi) is 8.27. The molecule has 0 amide bonds. The van der Waals surface area contributed by atoms with Crippen LogP contribution in [0.25, 0.3) is 0 Å². The maximum Gasteiger partial charge on any atom is 0.168 e. The predicted octanol–water partition coefficient (Wildman–Crippen LogP) is 4.14. The van der Waals surface area contributed by atoms with Crippen molar-refractivity contribution in [3.8, 4) is 0 Å². The molecule has 0 aromatic carbocycles. The smallest absolute Gasteiger partial charge is 0.168 e. The van der Waals surface area contributed by atoms with Crippen LogP contribution in [-0.4, -0.2) is 14.7 Å². The molecule has 0 bridgehead atoms. The zero-order valence-electron chi connectivity index (χ0n) is 8.72. The van der Waals surface area contributed by atoms with Crippen LogP contribution in [0.15, 0.2) is 12.2 Å². The molecule has 0 aliphatic rings. The van der Waals surface area contributed by atoms with Crippen LogP contribution in [0.1, 0.15) is 27.7 Å². The van der Waals surface area contributed by atoms with Gasteiger partial charge in [-0.05, 0) is 27.7 Å². The topological polar surface area (TPSA) is 38.7 Å². The maximum absolute atomic E-state index is 8.39. The van der Waals surface area contributed by atoms with Gasteiger partial charge < -0.3 is 4.55 Å². The van der Waals surface area contributed by atoms with Gasteiger partial charge in [0.2, 0.25) is 0 Å². The highest BCUT2D eigenvalue weighted by Crippen LogP contribution is 2.34. The summed E-state index contributed by atoms with van der Waals surface area (Å²) in [5.74, 6) is 0. The second-order valence-corrected chi connectivity index (χ2v) is 5.98. The zero-order chi connectivity index (χ0) is 11.0. The molecule has 84 valence electrons. The molecule has 0 fully saturated rings. The number of hydrogen-bond donors (Lipinski definition) is 1. The zero-order valence-corrected chi connectivity index (χ0v) is 11.2. The van der Waals surface area contributed by atoms with Crippen molar-refractivity contribution < 1.29 is 12.4 Å². The average Bonchev–Trinajstić information content (AvgIpc) is 2.13. The van der Waals surface area contributed by atoms with Crippen molar-refractivity contribution in [2.45, 2.75) is 37.9 Å². The van der Waals surface area contributed by atoms with Crippen molar-refractivity contribution >= 4 is 36.4 Å². The quantitative estimate of drug-likeness (QED) is 0.419. The van der Waals surface area contributed by atoms with Crippen LogP contribution in [0.3, 0.4) is 0 Å². The molecular formula is C8H16O3S3. The van der Waals surface area contributed by atoms with Gasteiger partial charge in [-0.1, -0.05) is 12.2 Å². The molecule has 0 aliphatic heterocycles. The predicted molar refractivity (Wildman–Crippen MR) is 65.9 cm³/mol. The van der Waals surface area contributed by atoms with Crippen molar-refractivity contribution in [2.24, 2.45) is 0 Å². The molecule has 0 rings (SSSR count). The van der Waals surface area contributed by atoms with E-state index in [0.29, 0.717) is 17.6 Å². The summed E-state index contributed by atoms with van der Waals surface area (Å²) in [4.78, 5) is -0.476. The monoisotopic (exact) mass is 256 g/mol. The minimum absolute atomic E-state index is 0.307. The van der Waals surface area contributed by atoms with Crippen LogP contribution in [0.5, 0.6) is 0 Å². The van der Waals surface area contributed by atoms with Gasteiger partial charge in [-0.15, -0.1) is 0 Å². The Morgan fingerprint density at radius 1 is 1.43 bits per heavy atom. The summed E-state index contributed by atoms with van der Waals surface area (Å²) in [6.07, 6.45) is 4.04. The second-order valence-electron chi connectivity index (χ2n) is 3.04. The molecule has 0 heterocycles. The first-order valence-corrected chi connectivity index (χ1v) is 6.39. The second kappa shape index (κ2) is 7.90. The molecule has 14 heavy (non-hydrogen) atoms. The fourth-order valence-electron chi connectivity index (χ4n) is 0.606. The Hall–Kier alpha value is 0.670. The van der Waals surface area contributed by atoms with E-state index in [9.17, 15) is 0 Å². The van der Waals surface area contributed by atoms with Gasteiger partial charge in [-0.3, -0.25) is 4.18 Å². The molecule has 0 saturated heterocycles. The van der Waals surface area contributed by atoms with Crippen molar-refractivity contribution in [1.82, 2.24) is 0 Å². The van der Waals surface area contributed by atoms with Crippen LogP contribution >= 0.6 is 36.4 Å². The molecule has 1 atom stereocenters. The highest BCUT2D eigenvalue weighted by atomic mass is 32.2. The summed E-state index contributed by atoms with van der Waals surface area (Å²) in [6.45, 7) is 7.78. The SMILES string of the molecule is CC=CC(C)SOC(C)(C)SOSO. The number of hydrogen-bond acceptors (Lipinski definition) is 6. The van der Waals surface area contributed by atoms with E-state index in [2.05, 4.69) is 0 Å². The van der Waals surface area contributed by atoms with Crippen LogP contribution in [0.2, 0.25) is 0 Å². The third kappa shape index (κ3) is 8.02.